The minimum absolute atomic E-state index is 0.192. The molecule has 6 nitrogen and oxygen atoms in total. The first-order chi connectivity index (χ1) is 6.54. The number of nitrogens with one attached hydrogen (secondary N) is 2. The van der Waals surface area contributed by atoms with Gasteiger partial charge in [0.25, 0.3) is 0 Å². The summed E-state index contributed by atoms with van der Waals surface area (Å²) in [5.74, 6) is -1.82. The second-order valence-electron chi connectivity index (χ2n) is 2.90. The Morgan fingerprint density at radius 2 is 1.79 bits per heavy atom. The standard InChI is InChI=1S/C7H10N2O4S/c10-5(11)1-3-6(12)9-4(2-14)7(13)8-3/h3-4,14H,1-2H2,(H,8,13)(H,9,12)(H,10,11). The molecular weight excluding hydrogens is 208 g/mol. The monoisotopic (exact) mass is 218 g/mol. The van der Waals surface area contributed by atoms with Gasteiger partial charge >= 0.3 is 5.97 Å². The van der Waals surface area contributed by atoms with Crippen molar-refractivity contribution < 1.29 is 19.5 Å². The molecule has 2 unspecified atom stereocenters. The topological polar surface area (TPSA) is 95.5 Å². The van der Waals surface area contributed by atoms with Gasteiger partial charge in [0.2, 0.25) is 11.8 Å². The lowest BCUT2D eigenvalue weighted by Gasteiger charge is -2.27. The van der Waals surface area contributed by atoms with Gasteiger partial charge in [-0.2, -0.15) is 12.6 Å². The van der Waals surface area contributed by atoms with E-state index in [0.717, 1.165) is 0 Å². The van der Waals surface area contributed by atoms with E-state index in [-0.39, 0.29) is 5.75 Å². The maximum atomic E-state index is 11.2. The fraction of sp³-hybridized carbons (Fsp3) is 0.571. The number of carbonyl (C=O) groups is 3. The second-order valence-corrected chi connectivity index (χ2v) is 3.27. The van der Waals surface area contributed by atoms with Crippen LogP contribution in [0.5, 0.6) is 0 Å². The van der Waals surface area contributed by atoms with Crippen molar-refractivity contribution in [2.45, 2.75) is 18.5 Å². The van der Waals surface area contributed by atoms with Gasteiger partial charge in [0.1, 0.15) is 12.1 Å². The van der Waals surface area contributed by atoms with Gasteiger partial charge in [0.05, 0.1) is 6.42 Å². The summed E-state index contributed by atoms with van der Waals surface area (Å²) in [6.45, 7) is 0. The molecule has 78 valence electrons. The quantitative estimate of drug-likeness (QED) is 0.428. The molecule has 1 heterocycles. The number of amides is 2. The van der Waals surface area contributed by atoms with Gasteiger partial charge in [-0.25, -0.2) is 0 Å². The Labute approximate surface area is 85.5 Å². The summed E-state index contributed by atoms with van der Waals surface area (Å²) in [7, 11) is 0. The van der Waals surface area contributed by atoms with Crippen molar-refractivity contribution in [1.29, 1.82) is 0 Å². The maximum Gasteiger partial charge on any atom is 0.305 e. The summed E-state index contributed by atoms with van der Waals surface area (Å²) in [4.78, 5) is 32.7. The summed E-state index contributed by atoms with van der Waals surface area (Å²) in [6, 6.07) is -1.65. The van der Waals surface area contributed by atoms with Gasteiger partial charge in [-0.15, -0.1) is 0 Å². The van der Waals surface area contributed by atoms with Gasteiger partial charge in [0.15, 0.2) is 0 Å². The molecule has 1 fully saturated rings. The summed E-state index contributed by atoms with van der Waals surface area (Å²) < 4.78 is 0. The zero-order valence-corrected chi connectivity index (χ0v) is 8.08. The number of aliphatic carboxylic acids is 1. The van der Waals surface area contributed by atoms with Crippen LogP contribution in [-0.4, -0.2) is 40.7 Å². The SMILES string of the molecule is O=C(O)CC1NC(=O)C(CS)NC1=O. The predicted octanol–water partition coefficient (Wildman–Crippen LogP) is -1.63. The van der Waals surface area contributed by atoms with Crippen molar-refractivity contribution in [3.05, 3.63) is 0 Å². The molecule has 0 aromatic rings. The first kappa shape index (κ1) is 10.8. The summed E-state index contributed by atoms with van der Waals surface area (Å²) >= 11 is 3.87. The molecule has 1 aliphatic rings. The lowest BCUT2D eigenvalue weighted by molar-refractivity contribution is -0.143. The molecule has 0 radical (unpaired) electrons. The highest BCUT2D eigenvalue weighted by molar-refractivity contribution is 7.80. The molecule has 7 heteroatoms. The number of hydrogen-bond acceptors (Lipinski definition) is 4. The molecule has 0 aliphatic carbocycles. The molecule has 0 bridgehead atoms. The second kappa shape index (κ2) is 4.32. The van der Waals surface area contributed by atoms with E-state index in [1.165, 1.54) is 0 Å². The molecule has 0 spiro atoms. The summed E-state index contributed by atoms with van der Waals surface area (Å²) in [6.07, 6.45) is -0.406. The molecule has 3 N–H and O–H groups in total. The van der Waals surface area contributed by atoms with Crippen molar-refractivity contribution in [1.82, 2.24) is 10.6 Å². The molecule has 1 rings (SSSR count). The fourth-order valence-corrected chi connectivity index (χ4v) is 1.38. The molecule has 1 aliphatic heterocycles. The molecule has 1 saturated heterocycles. The third-order valence-corrected chi connectivity index (χ3v) is 2.19. The van der Waals surface area contributed by atoms with Crippen LogP contribution in [0.25, 0.3) is 0 Å². The Morgan fingerprint density at radius 3 is 2.29 bits per heavy atom. The van der Waals surface area contributed by atoms with E-state index in [4.69, 9.17) is 5.11 Å². The van der Waals surface area contributed by atoms with E-state index in [1.807, 2.05) is 0 Å². The van der Waals surface area contributed by atoms with Crippen LogP contribution in [0.2, 0.25) is 0 Å². The first-order valence-corrected chi connectivity index (χ1v) is 4.61. The smallest absolute Gasteiger partial charge is 0.305 e. The molecule has 2 amide bonds. The third kappa shape index (κ3) is 2.38. The van der Waals surface area contributed by atoms with E-state index >= 15 is 0 Å². The van der Waals surface area contributed by atoms with E-state index in [2.05, 4.69) is 23.3 Å². The highest BCUT2D eigenvalue weighted by Gasteiger charge is 2.33. The lowest BCUT2D eigenvalue weighted by atomic mass is 10.1. The van der Waals surface area contributed by atoms with Gasteiger partial charge in [-0.05, 0) is 0 Å². The summed E-state index contributed by atoms with van der Waals surface area (Å²) in [5.41, 5.74) is 0. The van der Waals surface area contributed by atoms with Gasteiger partial charge in [0, 0.05) is 5.75 Å². The average Bonchev–Trinajstić information content (AvgIpc) is 2.10. The summed E-state index contributed by atoms with van der Waals surface area (Å²) in [5, 5.41) is 13.1. The molecule has 2 atom stereocenters. The maximum absolute atomic E-state index is 11.2. The highest BCUT2D eigenvalue weighted by atomic mass is 32.1. The Balaban J connectivity index is 2.62. The van der Waals surface area contributed by atoms with Crippen LogP contribution in [0.3, 0.4) is 0 Å². The van der Waals surface area contributed by atoms with Crippen LogP contribution < -0.4 is 10.6 Å². The fourth-order valence-electron chi connectivity index (χ4n) is 1.12. The van der Waals surface area contributed by atoms with E-state index < -0.39 is 36.3 Å². The van der Waals surface area contributed by atoms with Crippen LogP contribution >= 0.6 is 12.6 Å². The van der Waals surface area contributed by atoms with Crippen molar-refractivity contribution in [3.63, 3.8) is 0 Å². The minimum atomic E-state index is -1.13. The van der Waals surface area contributed by atoms with Crippen LogP contribution in [0, 0.1) is 0 Å². The Morgan fingerprint density at radius 1 is 1.29 bits per heavy atom. The average molecular weight is 218 g/mol. The molecular formula is C7H10N2O4S. The minimum Gasteiger partial charge on any atom is -0.481 e. The largest absolute Gasteiger partial charge is 0.481 e. The van der Waals surface area contributed by atoms with Crippen molar-refractivity contribution in [2.24, 2.45) is 0 Å². The number of carboxylic acids is 1. The number of piperazine rings is 1. The van der Waals surface area contributed by atoms with Crippen molar-refractivity contribution in [2.75, 3.05) is 5.75 Å². The molecule has 0 saturated carbocycles. The number of carboxylic acid groups (broad SMARTS) is 1. The molecule has 14 heavy (non-hydrogen) atoms. The lowest BCUT2D eigenvalue weighted by Crippen LogP contribution is -2.62. The number of rotatable bonds is 3. The highest BCUT2D eigenvalue weighted by Crippen LogP contribution is 2.02. The predicted molar refractivity (Wildman–Crippen MR) is 50.0 cm³/mol. The van der Waals surface area contributed by atoms with Crippen molar-refractivity contribution >= 4 is 30.4 Å². The van der Waals surface area contributed by atoms with Gasteiger partial charge < -0.3 is 15.7 Å². The number of carbonyl (C=O) groups excluding carboxylic acids is 2. The number of thiol groups is 1. The Hall–Kier alpha value is -1.24. The zero-order valence-electron chi connectivity index (χ0n) is 7.19. The Kier molecular flexibility index (Phi) is 3.34. The zero-order chi connectivity index (χ0) is 10.7. The van der Waals surface area contributed by atoms with Crippen LogP contribution in [0.1, 0.15) is 6.42 Å². The van der Waals surface area contributed by atoms with Gasteiger partial charge in [-0.1, -0.05) is 0 Å². The number of hydrogen-bond donors (Lipinski definition) is 4. The van der Waals surface area contributed by atoms with Gasteiger partial charge in [-0.3, -0.25) is 14.4 Å². The first-order valence-electron chi connectivity index (χ1n) is 3.98. The van der Waals surface area contributed by atoms with E-state index in [1.54, 1.807) is 0 Å². The van der Waals surface area contributed by atoms with Crippen LogP contribution in [0.4, 0.5) is 0 Å². The normalized spacial score (nSPS) is 26.6. The van der Waals surface area contributed by atoms with E-state index in [0.29, 0.717) is 0 Å². The Bertz CT molecular complexity index is 281. The molecule has 0 aromatic carbocycles. The third-order valence-electron chi connectivity index (χ3n) is 1.83. The molecule has 0 aromatic heterocycles. The van der Waals surface area contributed by atoms with Crippen LogP contribution in [-0.2, 0) is 14.4 Å². The van der Waals surface area contributed by atoms with E-state index in [9.17, 15) is 14.4 Å². The van der Waals surface area contributed by atoms with Crippen molar-refractivity contribution in [3.8, 4) is 0 Å². The van der Waals surface area contributed by atoms with Crippen LogP contribution in [0.15, 0.2) is 0 Å².